The zero-order chi connectivity index (χ0) is 17.4. The van der Waals surface area contributed by atoms with Crippen molar-refractivity contribution in [2.45, 2.75) is 26.4 Å². The van der Waals surface area contributed by atoms with Crippen LogP contribution in [0.3, 0.4) is 0 Å². The molecule has 2 aromatic heterocycles. The molecule has 0 bridgehead atoms. The van der Waals surface area contributed by atoms with Crippen molar-refractivity contribution in [2.24, 2.45) is 0 Å². The summed E-state index contributed by atoms with van der Waals surface area (Å²) in [5.74, 6) is 0.688. The number of nitrogens with zero attached hydrogens (tertiary/aromatic N) is 2. The van der Waals surface area contributed by atoms with Gasteiger partial charge in [0.2, 0.25) is 0 Å². The molecule has 0 atom stereocenters. The van der Waals surface area contributed by atoms with Crippen molar-refractivity contribution in [2.75, 3.05) is 6.54 Å². The van der Waals surface area contributed by atoms with Crippen molar-refractivity contribution >= 4 is 27.3 Å². The molecule has 0 fully saturated rings. The van der Waals surface area contributed by atoms with Gasteiger partial charge in [0.25, 0.3) is 5.56 Å². The lowest BCUT2D eigenvalue weighted by molar-refractivity contribution is 0.241. The summed E-state index contributed by atoms with van der Waals surface area (Å²) in [6.45, 7) is 4.46. The Labute approximate surface area is 158 Å². The Hall–Kier alpha value is -1.76. The van der Waals surface area contributed by atoms with Gasteiger partial charge >= 0.3 is 0 Å². The molecule has 1 aliphatic rings. The molecule has 0 aliphatic carbocycles. The lowest BCUT2D eigenvalue weighted by Crippen LogP contribution is -2.35. The molecule has 0 saturated carbocycles. The lowest BCUT2D eigenvalue weighted by Gasteiger charge is -2.28. The van der Waals surface area contributed by atoms with Crippen LogP contribution < -0.4 is 5.56 Å². The van der Waals surface area contributed by atoms with Crippen molar-refractivity contribution in [3.8, 4) is 10.7 Å². The second-order valence-electron chi connectivity index (χ2n) is 6.37. The van der Waals surface area contributed by atoms with Crippen molar-refractivity contribution in [3.63, 3.8) is 0 Å². The molecule has 3 heterocycles. The number of halogens is 1. The van der Waals surface area contributed by atoms with E-state index in [4.69, 9.17) is 4.98 Å². The van der Waals surface area contributed by atoms with E-state index in [1.807, 2.05) is 17.5 Å². The summed E-state index contributed by atoms with van der Waals surface area (Å²) >= 11 is 5.24. The topological polar surface area (TPSA) is 49.0 Å². The van der Waals surface area contributed by atoms with E-state index >= 15 is 0 Å². The number of aromatic amines is 1. The average molecular weight is 416 g/mol. The molecule has 1 aliphatic heterocycles. The van der Waals surface area contributed by atoms with Gasteiger partial charge < -0.3 is 4.98 Å². The molecule has 0 unspecified atom stereocenters. The van der Waals surface area contributed by atoms with E-state index in [0.29, 0.717) is 12.4 Å². The predicted octanol–water partition coefficient (Wildman–Crippen LogP) is 4.13. The maximum absolute atomic E-state index is 12.6. The zero-order valence-electron chi connectivity index (χ0n) is 13.9. The first-order valence-electron chi connectivity index (χ1n) is 8.23. The van der Waals surface area contributed by atoms with Crippen LogP contribution in [-0.4, -0.2) is 21.4 Å². The van der Waals surface area contributed by atoms with Gasteiger partial charge in [0.15, 0.2) is 5.82 Å². The summed E-state index contributed by atoms with van der Waals surface area (Å²) in [5, 5.41) is 2.00. The van der Waals surface area contributed by atoms with Crippen molar-refractivity contribution < 1.29 is 0 Å². The molecule has 25 heavy (non-hydrogen) atoms. The van der Waals surface area contributed by atoms with Gasteiger partial charge in [-0.1, -0.05) is 34.1 Å². The van der Waals surface area contributed by atoms with Gasteiger partial charge in [0, 0.05) is 30.5 Å². The fourth-order valence-corrected chi connectivity index (χ4v) is 4.46. The predicted molar refractivity (Wildman–Crippen MR) is 105 cm³/mol. The van der Waals surface area contributed by atoms with Crippen molar-refractivity contribution in [1.29, 1.82) is 0 Å². The summed E-state index contributed by atoms with van der Waals surface area (Å²) in [6.07, 6.45) is 0.807. The zero-order valence-corrected chi connectivity index (χ0v) is 16.3. The molecule has 0 radical (unpaired) electrons. The number of thiophene rings is 1. The molecule has 4 nitrogen and oxygen atoms in total. The first-order chi connectivity index (χ1) is 12.1. The Morgan fingerprint density at radius 3 is 3.00 bits per heavy atom. The van der Waals surface area contributed by atoms with E-state index < -0.39 is 0 Å². The molecule has 3 aromatic rings. The van der Waals surface area contributed by atoms with Crippen LogP contribution in [0.25, 0.3) is 10.7 Å². The highest BCUT2D eigenvalue weighted by molar-refractivity contribution is 9.10. The van der Waals surface area contributed by atoms with Crippen LogP contribution in [0, 0.1) is 6.92 Å². The second kappa shape index (κ2) is 6.86. The smallest absolute Gasteiger partial charge is 0.255 e. The SMILES string of the molecule is Cc1ccc(CN2CCc3nc(-c4cccs4)[nH]c(=O)c3C2)c(Br)c1. The van der Waals surface area contributed by atoms with Gasteiger partial charge in [0.05, 0.1) is 16.1 Å². The van der Waals surface area contributed by atoms with E-state index in [1.165, 1.54) is 11.1 Å². The number of aromatic nitrogens is 2. The number of fused-ring (bicyclic) bond motifs is 1. The highest BCUT2D eigenvalue weighted by Crippen LogP contribution is 2.25. The summed E-state index contributed by atoms with van der Waals surface area (Å²) in [7, 11) is 0. The molecular formula is C19H18BrN3OS. The second-order valence-corrected chi connectivity index (χ2v) is 8.17. The largest absolute Gasteiger partial charge is 0.306 e. The molecule has 0 amide bonds. The van der Waals surface area contributed by atoms with Crippen LogP contribution >= 0.6 is 27.3 Å². The van der Waals surface area contributed by atoms with E-state index in [0.717, 1.165) is 40.1 Å². The Morgan fingerprint density at radius 1 is 1.36 bits per heavy atom. The minimum Gasteiger partial charge on any atom is -0.306 e. The molecule has 0 spiro atoms. The third-order valence-corrected chi connectivity index (χ3v) is 6.12. The molecule has 6 heteroatoms. The number of aryl methyl sites for hydroxylation is 1. The lowest BCUT2D eigenvalue weighted by atomic mass is 10.1. The Morgan fingerprint density at radius 2 is 2.24 bits per heavy atom. The van der Waals surface area contributed by atoms with E-state index in [9.17, 15) is 4.79 Å². The quantitative estimate of drug-likeness (QED) is 0.699. The molecule has 0 saturated heterocycles. The van der Waals surface area contributed by atoms with Crippen LogP contribution in [0.4, 0.5) is 0 Å². The van der Waals surface area contributed by atoms with Gasteiger partial charge in [0.1, 0.15) is 0 Å². The van der Waals surface area contributed by atoms with Gasteiger partial charge in [-0.2, -0.15) is 0 Å². The van der Waals surface area contributed by atoms with E-state index in [-0.39, 0.29) is 5.56 Å². The van der Waals surface area contributed by atoms with Crippen molar-refractivity contribution in [3.05, 3.63) is 72.9 Å². The number of hydrogen-bond acceptors (Lipinski definition) is 4. The van der Waals surface area contributed by atoms with Crippen LogP contribution in [-0.2, 0) is 19.5 Å². The minimum atomic E-state index is -0.0129. The molecule has 128 valence electrons. The first kappa shape index (κ1) is 16.7. The summed E-state index contributed by atoms with van der Waals surface area (Å²) in [5.41, 5.74) is 4.21. The first-order valence-corrected chi connectivity index (χ1v) is 9.91. The number of rotatable bonds is 3. The van der Waals surface area contributed by atoms with E-state index in [1.54, 1.807) is 11.3 Å². The van der Waals surface area contributed by atoms with Gasteiger partial charge in [-0.15, -0.1) is 11.3 Å². The number of hydrogen-bond donors (Lipinski definition) is 1. The van der Waals surface area contributed by atoms with Gasteiger partial charge in [-0.3, -0.25) is 9.69 Å². The molecular weight excluding hydrogens is 398 g/mol. The summed E-state index contributed by atoms with van der Waals surface area (Å²) in [6, 6.07) is 10.4. The van der Waals surface area contributed by atoms with Crippen LogP contribution in [0.5, 0.6) is 0 Å². The normalized spacial score (nSPS) is 14.5. The third-order valence-electron chi connectivity index (χ3n) is 4.50. The van der Waals surface area contributed by atoms with Gasteiger partial charge in [-0.25, -0.2) is 4.98 Å². The molecule has 4 rings (SSSR count). The fourth-order valence-electron chi connectivity index (χ4n) is 3.17. The highest BCUT2D eigenvalue weighted by atomic mass is 79.9. The maximum Gasteiger partial charge on any atom is 0.255 e. The van der Waals surface area contributed by atoms with Crippen LogP contribution in [0.2, 0.25) is 0 Å². The summed E-state index contributed by atoms with van der Waals surface area (Å²) in [4.78, 5) is 23.5. The van der Waals surface area contributed by atoms with E-state index in [2.05, 4.69) is 50.9 Å². The molecule has 1 aromatic carbocycles. The van der Waals surface area contributed by atoms with Crippen LogP contribution in [0.15, 0.2) is 45.0 Å². The number of nitrogens with one attached hydrogen (secondary N) is 1. The monoisotopic (exact) mass is 415 g/mol. The van der Waals surface area contributed by atoms with Crippen LogP contribution in [0.1, 0.15) is 22.4 Å². The average Bonchev–Trinajstić information content (AvgIpc) is 3.12. The Balaban J connectivity index is 1.58. The Kier molecular flexibility index (Phi) is 4.58. The number of benzene rings is 1. The number of H-pyrrole nitrogens is 1. The van der Waals surface area contributed by atoms with Gasteiger partial charge in [-0.05, 0) is 35.6 Å². The fraction of sp³-hybridized carbons (Fsp3) is 0.263. The summed E-state index contributed by atoms with van der Waals surface area (Å²) < 4.78 is 1.12. The standard InChI is InChI=1S/C19H18BrN3OS/c1-12-4-5-13(15(20)9-12)10-23-7-6-16-14(11-23)19(24)22-18(21-16)17-3-2-8-25-17/h2-5,8-9H,6-7,10-11H2,1H3,(H,21,22,24). The maximum atomic E-state index is 12.6. The molecule has 1 N–H and O–H groups in total. The third kappa shape index (κ3) is 3.47. The highest BCUT2D eigenvalue weighted by Gasteiger charge is 2.22. The minimum absolute atomic E-state index is 0.0129. The van der Waals surface area contributed by atoms with Crippen molar-refractivity contribution in [1.82, 2.24) is 14.9 Å². The Bertz CT molecular complexity index is 965.